The van der Waals surface area contributed by atoms with Crippen LogP contribution >= 0.6 is 15.9 Å². The number of hydrogen-bond donors (Lipinski definition) is 1. The second kappa shape index (κ2) is 6.46. The Kier molecular flexibility index (Phi) is 5.10. The minimum Gasteiger partial charge on any atom is -0.496 e. The van der Waals surface area contributed by atoms with Gasteiger partial charge in [-0.25, -0.2) is 0 Å². The van der Waals surface area contributed by atoms with E-state index >= 15 is 0 Å². The third-order valence-corrected chi connectivity index (χ3v) is 5.06. The number of rotatable bonds is 4. The number of piperazine rings is 1. The molecule has 1 N–H and O–H groups in total. The van der Waals surface area contributed by atoms with E-state index in [4.69, 9.17) is 4.74 Å². The molecule has 1 aliphatic rings. The van der Waals surface area contributed by atoms with Crippen LogP contribution in [-0.4, -0.2) is 36.7 Å². The number of methoxy groups -OCH3 is 1. The third kappa shape index (κ3) is 3.35. The van der Waals surface area contributed by atoms with Crippen molar-refractivity contribution in [2.45, 2.75) is 45.3 Å². The molecule has 0 spiro atoms. The van der Waals surface area contributed by atoms with Gasteiger partial charge in [-0.2, -0.15) is 0 Å². The van der Waals surface area contributed by atoms with Crippen molar-refractivity contribution in [1.82, 2.24) is 10.2 Å². The van der Waals surface area contributed by atoms with Crippen LogP contribution in [0.3, 0.4) is 0 Å². The summed E-state index contributed by atoms with van der Waals surface area (Å²) < 4.78 is 6.33. The van der Waals surface area contributed by atoms with Crippen molar-refractivity contribution in [2.24, 2.45) is 0 Å². The van der Waals surface area contributed by atoms with Crippen molar-refractivity contribution < 1.29 is 4.74 Å². The molecule has 20 heavy (non-hydrogen) atoms. The minimum atomic E-state index is 0.235. The number of benzene rings is 1. The predicted octanol–water partition coefficient (Wildman–Crippen LogP) is 3.42. The summed E-state index contributed by atoms with van der Waals surface area (Å²) in [6.45, 7) is 10.0. The molecule has 4 heteroatoms. The standard InChI is InChI=1S/C16H25BrN2O/c1-5-16(3)11-18-12(2)9-19(16)10-13-6-7-15(20-4)14(17)8-13/h6-8,12,18H,5,9-11H2,1-4H3. The average Bonchev–Trinajstić information content (AvgIpc) is 2.43. The Morgan fingerprint density at radius 2 is 2.25 bits per heavy atom. The largest absolute Gasteiger partial charge is 0.496 e. The van der Waals surface area contributed by atoms with E-state index < -0.39 is 0 Å². The van der Waals surface area contributed by atoms with Crippen LogP contribution in [0, 0.1) is 0 Å². The average molecular weight is 341 g/mol. The molecule has 0 amide bonds. The molecule has 3 nitrogen and oxygen atoms in total. The van der Waals surface area contributed by atoms with Gasteiger partial charge < -0.3 is 10.1 Å². The zero-order valence-corrected chi connectivity index (χ0v) is 14.5. The Morgan fingerprint density at radius 1 is 1.50 bits per heavy atom. The molecular weight excluding hydrogens is 316 g/mol. The van der Waals surface area contributed by atoms with Crippen LogP contribution in [0.4, 0.5) is 0 Å². The lowest BCUT2D eigenvalue weighted by Gasteiger charge is -2.47. The van der Waals surface area contributed by atoms with Crippen LogP contribution in [0.2, 0.25) is 0 Å². The molecule has 0 radical (unpaired) electrons. The van der Waals surface area contributed by atoms with Crippen molar-refractivity contribution in [3.05, 3.63) is 28.2 Å². The lowest BCUT2D eigenvalue weighted by atomic mass is 9.91. The lowest BCUT2D eigenvalue weighted by Crippen LogP contribution is -2.61. The van der Waals surface area contributed by atoms with Crippen molar-refractivity contribution in [3.8, 4) is 5.75 Å². The molecule has 2 unspecified atom stereocenters. The summed E-state index contributed by atoms with van der Waals surface area (Å²) in [5, 5.41) is 3.60. The van der Waals surface area contributed by atoms with Gasteiger partial charge in [0.05, 0.1) is 11.6 Å². The van der Waals surface area contributed by atoms with Gasteiger partial charge in [0.15, 0.2) is 0 Å². The molecule has 1 aromatic carbocycles. The topological polar surface area (TPSA) is 24.5 Å². The Balaban J connectivity index is 2.16. The van der Waals surface area contributed by atoms with E-state index in [2.05, 4.69) is 59.1 Å². The first-order valence-electron chi connectivity index (χ1n) is 7.29. The summed E-state index contributed by atoms with van der Waals surface area (Å²) in [4.78, 5) is 2.60. The van der Waals surface area contributed by atoms with Gasteiger partial charge in [0.25, 0.3) is 0 Å². The number of halogens is 1. The molecule has 112 valence electrons. The van der Waals surface area contributed by atoms with E-state index in [0.717, 1.165) is 36.3 Å². The van der Waals surface area contributed by atoms with Crippen LogP contribution in [0.5, 0.6) is 5.75 Å². The fourth-order valence-corrected chi connectivity index (χ4v) is 3.34. The Hall–Kier alpha value is -0.580. The van der Waals surface area contributed by atoms with Crippen LogP contribution in [0.1, 0.15) is 32.8 Å². The number of nitrogens with zero attached hydrogens (tertiary/aromatic N) is 1. The number of hydrogen-bond acceptors (Lipinski definition) is 3. The molecule has 1 aromatic rings. The summed E-state index contributed by atoms with van der Waals surface area (Å²) in [7, 11) is 1.70. The van der Waals surface area contributed by atoms with Gasteiger partial charge in [-0.05, 0) is 53.9 Å². The maximum Gasteiger partial charge on any atom is 0.133 e. The first-order chi connectivity index (χ1) is 9.48. The molecule has 1 aliphatic heterocycles. The second-order valence-electron chi connectivity index (χ2n) is 5.98. The van der Waals surface area contributed by atoms with Crippen molar-refractivity contribution >= 4 is 15.9 Å². The fourth-order valence-electron chi connectivity index (χ4n) is 2.75. The molecule has 0 aromatic heterocycles. The van der Waals surface area contributed by atoms with Gasteiger partial charge in [-0.15, -0.1) is 0 Å². The molecule has 1 heterocycles. The molecule has 0 aliphatic carbocycles. The van der Waals surface area contributed by atoms with E-state index in [0.29, 0.717) is 6.04 Å². The first-order valence-corrected chi connectivity index (χ1v) is 8.08. The monoisotopic (exact) mass is 340 g/mol. The van der Waals surface area contributed by atoms with Gasteiger partial charge in [0, 0.05) is 31.2 Å². The van der Waals surface area contributed by atoms with E-state index in [-0.39, 0.29) is 5.54 Å². The van der Waals surface area contributed by atoms with Gasteiger partial charge in [-0.3, -0.25) is 4.90 Å². The minimum absolute atomic E-state index is 0.235. The zero-order chi connectivity index (χ0) is 14.8. The molecule has 1 saturated heterocycles. The molecule has 1 fully saturated rings. The molecular formula is C16H25BrN2O. The highest BCUT2D eigenvalue weighted by Crippen LogP contribution is 2.29. The Morgan fingerprint density at radius 3 is 2.85 bits per heavy atom. The molecule has 2 atom stereocenters. The fraction of sp³-hybridized carbons (Fsp3) is 0.625. The second-order valence-corrected chi connectivity index (χ2v) is 6.84. The highest BCUT2D eigenvalue weighted by molar-refractivity contribution is 9.10. The van der Waals surface area contributed by atoms with Crippen LogP contribution in [-0.2, 0) is 6.54 Å². The maximum atomic E-state index is 5.30. The first kappa shape index (κ1) is 15.8. The third-order valence-electron chi connectivity index (χ3n) is 4.44. The van der Waals surface area contributed by atoms with E-state index in [1.807, 2.05) is 6.07 Å². The maximum absolute atomic E-state index is 5.30. The summed E-state index contributed by atoms with van der Waals surface area (Å²) in [5.41, 5.74) is 1.56. The van der Waals surface area contributed by atoms with Gasteiger partial charge in [0.1, 0.15) is 5.75 Å². The Bertz CT molecular complexity index is 466. The number of nitrogens with one attached hydrogen (secondary N) is 1. The summed E-state index contributed by atoms with van der Waals surface area (Å²) >= 11 is 3.57. The quantitative estimate of drug-likeness (QED) is 0.908. The SMILES string of the molecule is CCC1(C)CNC(C)CN1Cc1ccc(OC)c(Br)c1. The van der Waals surface area contributed by atoms with Gasteiger partial charge in [-0.1, -0.05) is 13.0 Å². The smallest absolute Gasteiger partial charge is 0.133 e. The highest BCUT2D eigenvalue weighted by atomic mass is 79.9. The summed E-state index contributed by atoms with van der Waals surface area (Å²) in [6.07, 6.45) is 1.16. The van der Waals surface area contributed by atoms with E-state index in [1.165, 1.54) is 5.56 Å². The number of ether oxygens (including phenoxy) is 1. The highest BCUT2D eigenvalue weighted by Gasteiger charge is 2.34. The predicted molar refractivity (Wildman–Crippen MR) is 87.3 cm³/mol. The van der Waals surface area contributed by atoms with Crippen LogP contribution in [0.25, 0.3) is 0 Å². The van der Waals surface area contributed by atoms with E-state index in [9.17, 15) is 0 Å². The molecule has 2 rings (SSSR count). The molecule has 0 bridgehead atoms. The normalized spacial score (nSPS) is 27.6. The van der Waals surface area contributed by atoms with Crippen molar-refractivity contribution in [2.75, 3.05) is 20.2 Å². The molecule has 0 saturated carbocycles. The zero-order valence-electron chi connectivity index (χ0n) is 12.9. The van der Waals surface area contributed by atoms with Crippen LogP contribution in [0.15, 0.2) is 22.7 Å². The van der Waals surface area contributed by atoms with Gasteiger partial charge in [0.2, 0.25) is 0 Å². The summed E-state index contributed by atoms with van der Waals surface area (Å²) in [6, 6.07) is 6.92. The van der Waals surface area contributed by atoms with Gasteiger partial charge >= 0.3 is 0 Å². The van der Waals surface area contributed by atoms with Crippen molar-refractivity contribution in [3.63, 3.8) is 0 Å². The van der Waals surface area contributed by atoms with Crippen molar-refractivity contribution in [1.29, 1.82) is 0 Å². The Labute approximate surface area is 130 Å². The summed E-state index contributed by atoms with van der Waals surface area (Å²) in [5.74, 6) is 0.890. The lowest BCUT2D eigenvalue weighted by molar-refractivity contribution is 0.0453. The van der Waals surface area contributed by atoms with Crippen LogP contribution < -0.4 is 10.1 Å². The van der Waals surface area contributed by atoms with E-state index in [1.54, 1.807) is 7.11 Å².